The minimum atomic E-state index is -4.26. The van der Waals surface area contributed by atoms with Gasteiger partial charge in [0.1, 0.15) is 16.5 Å². The zero-order chi connectivity index (χ0) is 27.7. The number of ether oxygens (including phenoxy) is 1. The summed E-state index contributed by atoms with van der Waals surface area (Å²) in [5, 5.41) is 4.49. The molecule has 4 heterocycles. The Labute approximate surface area is 223 Å². The van der Waals surface area contributed by atoms with E-state index in [2.05, 4.69) is 49.4 Å². The second-order valence-electron chi connectivity index (χ2n) is 10.5. The van der Waals surface area contributed by atoms with E-state index >= 15 is 0 Å². The zero-order valence-electron chi connectivity index (χ0n) is 22.4. The average molecular weight is 542 g/mol. The molecule has 2 atom stereocenters. The normalized spacial score (nSPS) is 17.8. The highest BCUT2D eigenvalue weighted by Crippen LogP contribution is 2.37. The molecule has 0 radical (unpaired) electrons. The fraction of sp³-hybridized carbons (Fsp3) is 0.462. The molecule has 0 aliphatic carbocycles. The van der Waals surface area contributed by atoms with Gasteiger partial charge in [-0.3, -0.25) is 4.79 Å². The maximum atomic E-state index is 13.4. The Balaban J connectivity index is 1.70. The summed E-state index contributed by atoms with van der Waals surface area (Å²) < 4.78 is 35.4. The van der Waals surface area contributed by atoms with Crippen LogP contribution >= 0.6 is 0 Å². The molecule has 1 fully saturated rings. The van der Waals surface area contributed by atoms with E-state index in [1.165, 1.54) is 18.3 Å². The smallest absolute Gasteiger partial charge is 0.268 e. The van der Waals surface area contributed by atoms with E-state index < -0.39 is 15.9 Å². The second-order valence-corrected chi connectivity index (χ2v) is 12.2. The van der Waals surface area contributed by atoms with Crippen molar-refractivity contribution in [2.75, 3.05) is 23.8 Å². The number of hydrogen-bond acceptors (Lipinski definition) is 9. The molecule has 3 aromatic heterocycles. The molecule has 1 aliphatic rings. The van der Waals surface area contributed by atoms with Crippen molar-refractivity contribution in [1.29, 1.82) is 0 Å². The molecule has 0 aromatic carbocycles. The van der Waals surface area contributed by atoms with Crippen LogP contribution in [0, 0.1) is 11.8 Å². The van der Waals surface area contributed by atoms with Crippen LogP contribution in [-0.2, 0) is 10.0 Å². The summed E-state index contributed by atoms with van der Waals surface area (Å²) >= 11 is 0. The summed E-state index contributed by atoms with van der Waals surface area (Å²) in [4.78, 5) is 23.8. The Morgan fingerprint density at radius 3 is 2.71 bits per heavy atom. The number of carbonyl (C=O) groups is 1. The van der Waals surface area contributed by atoms with Crippen molar-refractivity contribution in [3.8, 4) is 11.7 Å². The number of nitrogens with one attached hydrogen (secondary N) is 1. The number of nitrogen functional groups attached to an aromatic ring is 1. The van der Waals surface area contributed by atoms with Crippen molar-refractivity contribution in [3.05, 3.63) is 48.3 Å². The van der Waals surface area contributed by atoms with Crippen LogP contribution in [0.5, 0.6) is 5.88 Å². The van der Waals surface area contributed by atoms with Gasteiger partial charge in [0.25, 0.3) is 15.9 Å². The average Bonchev–Trinajstić information content (AvgIpc) is 3.44. The SMILES string of the molecule is CC[C@H](C)COc1ccn(-c2ccc(C(=O)NS(=O)(=O)c3cccnc3N)c(N3C[C@@H](C)CC3(C)C)n2)n1. The van der Waals surface area contributed by atoms with Gasteiger partial charge in [-0.05, 0) is 56.4 Å². The summed E-state index contributed by atoms with van der Waals surface area (Å²) in [6, 6.07) is 7.69. The number of nitrogens with two attached hydrogens (primary N) is 1. The van der Waals surface area contributed by atoms with E-state index in [0.717, 1.165) is 12.8 Å². The van der Waals surface area contributed by atoms with Crippen molar-refractivity contribution in [1.82, 2.24) is 24.5 Å². The molecule has 11 nitrogen and oxygen atoms in total. The van der Waals surface area contributed by atoms with Gasteiger partial charge in [0.15, 0.2) is 5.82 Å². The Hall–Kier alpha value is -3.67. The molecular weight excluding hydrogens is 506 g/mol. The number of pyridine rings is 2. The van der Waals surface area contributed by atoms with Crippen LogP contribution in [0.25, 0.3) is 5.82 Å². The van der Waals surface area contributed by atoms with Gasteiger partial charge < -0.3 is 15.4 Å². The lowest BCUT2D eigenvalue weighted by Crippen LogP contribution is -2.41. The van der Waals surface area contributed by atoms with Crippen LogP contribution in [-0.4, -0.2) is 52.8 Å². The van der Waals surface area contributed by atoms with E-state index in [-0.39, 0.29) is 21.8 Å². The fourth-order valence-electron chi connectivity index (χ4n) is 4.63. The molecule has 1 aliphatic heterocycles. The topological polar surface area (TPSA) is 145 Å². The molecule has 3 aromatic rings. The zero-order valence-corrected chi connectivity index (χ0v) is 23.2. The molecule has 38 heavy (non-hydrogen) atoms. The van der Waals surface area contributed by atoms with Gasteiger partial charge in [0, 0.05) is 30.5 Å². The first-order chi connectivity index (χ1) is 17.9. The molecule has 1 amide bonds. The maximum absolute atomic E-state index is 13.4. The van der Waals surface area contributed by atoms with Crippen LogP contribution in [0.3, 0.4) is 0 Å². The van der Waals surface area contributed by atoms with Crippen LogP contribution in [0.2, 0.25) is 0 Å². The minimum absolute atomic E-state index is 0.127. The van der Waals surface area contributed by atoms with E-state index in [0.29, 0.717) is 42.5 Å². The first kappa shape index (κ1) is 27.4. The molecule has 0 unspecified atom stereocenters. The summed E-state index contributed by atoms with van der Waals surface area (Å²) in [6.07, 6.45) is 5.01. The highest BCUT2D eigenvalue weighted by Gasteiger charge is 2.39. The molecule has 4 rings (SSSR count). The lowest BCUT2D eigenvalue weighted by Gasteiger charge is -2.34. The van der Waals surface area contributed by atoms with E-state index in [1.54, 1.807) is 29.1 Å². The monoisotopic (exact) mass is 541 g/mol. The third-order valence-electron chi connectivity index (χ3n) is 6.76. The second kappa shape index (κ2) is 10.6. The van der Waals surface area contributed by atoms with E-state index in [1.807, 2.05) is 4.90 Å². The molecular formula is C26H35N7O4S. The van der Waals surface area contributed by atoms with Gasteiger partial charge in [-0.15, -0.1) is 5.10 Å². The molecule has 204 valence electrons. The van der Waals surface area contributed by atoms with Crippen LogP contribution in [0.15, 0.2) is 47.6 Å². The largest absolute Gasteiger partial charge is 0.476 e. The summed E-state index contributed by atoms with van der Waals surface area (Å²) in [5.74, 6) is 1.09. The Morgan fingerprint density at radius 1 is 1.29 bits per heavy atom. The predicted molar refractivity (Wildman–Crippen MR) is 145 cm³/mol. The minimum Gasteiger partial charge on any atom is -0.476 e. The standard InChI is InChI=1S/C26H35N7O4S/c1-6-17(2)16-37-22-11-13-33(30-22)21-10-9-19(24(29-21)32-15-18(3)14-26(32,4)5)25(34)31-38(35,36)20-8-7-12-28-23(20)27/h7-13,17-18H,6,14-16H2,1-5H3,(H2,27,28)(H,31,34)/t17-,18-/m0/s1. The molecule has 0 bridgehead atoms. The predicted octanol–water partition coefficient (Wildman–Crippen LogP) is 3.41. The summed E-state index contributed by atoms with van der Waals surface area (Å²) in [7, 11) is -4.26. The number of anilines is 2. The molecule has 0 spiro atoms. The quantitative estimate of drug-likeness (QED) is 0.416. The van der Waals surface area contributed by atoms with Crippen molar-refractivity contribution >= 4 is 27.6 Å². The van der Waals surface area contributed by atoms with Crippen LogP contribution < -0.4 is 20.1 Å². The Bertz CT molecular complexity index is 1420. The van der Waals surface area contributed by atoms with Crippen LogP contribution in [0.1, 0.15) is 57.8 Å². The molecule has 3 N–H and O–H groups in total. The summed E-state index contributed by atoms with van der Waals surface area (Å²) in [6.45, 7) is 11.7. The fourth-order valence-corrected chi connectivity index (χ4v) is 5.68. The number of rotatable bonds is 9. The third kappa shape index (κ3) is 5.74. The van der Waals surface area contributed by atoms with E-state index in [4.69, 9.17) is 15.5 Å². The van der Waals surface area contributed by atoms with Crippen molar-refractivity contribution in [2.24, 2.45) is 11.8 Å². The molecule has 0 saturated carbocycles. The lowest BCUT2D eigenvalue weighted by atomic mass is 9.97. The van der Waals surface area contributed by atoms with Gasteiger partial charge >= 0.3 is 0 Å². The number of carbonyl (C=O) groups excluding carboxylic acids is 1. The molecule has 1 saturated heterocycles. The Morgan fingerprint density at radius 2 is 2.05 bits per heavy atom. The van der Waals surface area contributed by atoms with Gasteiger partial charge in [-0.25, -0.2) is 27.8 Å². The highest BCUT2D eigenvalue weighted by atomic mass is 32.2. The number of hydrogen-bond donors (Lipinski definition) is 2. The first-order valence-electron chi connectivity index (χ1n) is 12.7. The number of amides is 1. The van der Waals surface area contributed by atoms with Gasteiger partial charge in [0.2, 0.25) is 5.88 Å². The van der Waals surface area contributed by atoms with E-state index in [9.17, 15) is 13.2 Å². The number of nitrogens with zero attached hydrogens (tertiary/aromatic N) is 5. The van der Waals surface area contributed by atoms with Crippen molar-refractivity contribution < 1.29 is 17.9 Å². The number of aromatic nitrogens is 4. The first-order valence-corrected chi connectivity index (χ1v) is 14.1. The summed E-state index contributed by atoms with van der Waals surface area (Å²) in [5.41, 5.74) is 5.57. The third-order valence-corrected chi connectivity index (χ3v) is 8.14. The molecule has 12 heteroatoms. The Kier molecular flexibility index (Phi) is 7.63. The van der Waals surface area contributed by atoms with Gasteiger partial charge in [-0.1, -0.05) is 27.2 Å². The van der Waals surface area contributed by atoms with Crippen molar-refractivity contribution in [2.45, 2.75) is 57.9 Å². The van der Waals surface area contributed by atoms with Crippen molar-refractivity contribution in [3.63, 3.8) is 0 Å². The van der Waals surface area contributed by atoms with Crippen LogP contribution in [0.4, 0.5) is 11.6 Å². The van der Waals surface area contributed by atoms with Gasteiger partial charge in [0.05, 0.1) is 12.2 Å². The lowest BCUT2D eigenvalue weighted by molar-refractivity contribution is 0.0981. The number of sulfonamides is 1. The highest BCUT2D eigenvalue weighted by molar-refractivity contribution is 7.90. The maximum Gasteiger partial charge on any atom is 0.268 e. The van der Waals surface area contributed by atoms with Gasteiger partial charge in [-0.2, -0.15) is 0 Å².